The van der Waals surface area contributed by atoms with Crippen LogP contribution in [0.2, 0.25) is 5.22 Å². The second-order valence-corrected chi connectivity index (χ2v) is 3.17. The van der Waals surface area contributed by atoms with E-state index >= 15 is 0 Å². The quantitative estimate of drug-likeness (QED) is 0.795. The largest absolute Gasteiger partial charge is 0.467 e. The molecule has 1 N–H and O–H groups in total. The van der Waals surface area contributed by atoms with Crippen molar-refractivity contribution < 1.29 is 18.7 Å². The van der Waals surface area contributed by atoms with E-state index in [9.17, 15) is 9.59 Å². The number of esters is 1. The third-order valence-electron chi connectivity index (χ3n) is 1.76. The normalized spacial score (nSPS) is 11.9. The second kappa shape index (κ2) is 4.84. The molecule has 0 aromatic carbocycles. The third-order valence-corrected chi connectivity index (χ3v) is 2.06. The van der Waals surface area contributed by atoms with Crippen molar-refractivity contribution in [3.05, 3.63) is 23.1 Å². The highest BCUT2D eigenvalue weighted by Crippen LogP contribution is 2.16. The van der Waals surface area contributed by atoms with Crippen LogP contribution in [0.25, 0.3) is 0 Å². The highest BCUT2D eigenvalue weighted by atomic mass is 35.5. The fourth-order valence-corrected chi connectivity index (χ4v) is 1.17. The van der Waals surface area contributed by atoms with Crippen molar-refractivity contribution in [2.24, 2.45) is 0 Å². The van der Waals surface area contributed by atoms with Crippen LogP contribution in [0.15, 0.2) is 16.7 Å². The number of hydrogen-bond acceptors (Lipinski definition) is 4. The first-order chi connectivity index (χ1) is 7.06. The van der Waals surface area contributed by atoms with Crippen LogP contribution in [0.5, 0.6) is 0 Å². The van der Waals surface area contributed by atoms with Gasteiger partial charge >= 0.3 is 5.97 Å². The Morgan fingerprint density at radius 3 is 2.73 bits per heavy atom. The molecule has 0 aliphatic heterocycles. The number of halogens is 1. The van der Waals surface area contributed by atoms with E-state index in [1.807, 2.05) is 0 Å². The number of rotatable bonds is 3. The number of carbonyl (C=O) groups excluding carboxylic acids is 2. The second-order valence-electron chi connectivity index (χ2n) is 2.83. The van der Waals surface area contributed by atoms with Gasteiger partial charge in [0.05, 0.1) is 18.9 Å². The van der Waals surface area contributed by atoms with Crippen molar-refractivity contribution in [2.45, 2.75) is 13.0 Å². The molecule has 5 nitrogen and oxygen atoms in total. The summed E-state index contributed by atoms with van der Waals surface area (Å²) in [4.78, 5) is 22.5. The lowest BCUT2D eigenvalue weighted by atomic mass is 10.3. The summed E-state index contributed by atoms with van der Waals surface area (Å²) in [5, 5.41) is 2.41. The molecule has 0 spiro atoms. The minimum atomic E-state index is -0.728. The molecule has 1 rings (SSSR count). The van der Waals surface area contributed by atoms with Crippen LogP contribution < -0.4 is 5.32 Å². The molecule has 0 saturated carbocycles. The summed E-state index contributed by atoms with van der Waals surface area (Å²) in [6, 6.07) is 0.690. The van der Waals surface area contributed by atoms with Crippen LogP contribution in [-0.4, -0.2) is 25.0 Å². The molecule has 1 atom stereocenters. The summed E-state index contributed by atoms with van der Waals surface area (Å²) < 4.78 is 9.19. The molecular formula is C9H10ClNO4. The van der Waals surface area contributed by atoms with Gasteiger partial charge in [-0.25, -0.2) is 4.79 Å². The van der Waals surface area contributed by atoms with Crippen molar-refractivity contribution in [3.8, 4) is 0 Å². The first-order valence-corrected chi connectivity index (χ1v) is 4.55. The molecule has 1 aromatic heterocycles. The number of carbonyl (C=O) groups is 2. The monoisotopic (exact) mass is 231 g/mol. The van der Waals surface area contributed by atoms with Gasteiger partial charge in [0.2, 0.25) is 5.22 Å². The van der Waals surface area contributed by atoms with Crippen molar-refractivity contribution in [3.63, 3.8) is 0 Å². The van der Waals surface area contributed by atoms with Gasteiger partial charge in [-0.3, -0.25) is 4.79 Å². The maximum Gasteiger partial charge on any atom is 0.328 e. The fourth-order valence-electron chi connectivity index (χ4n) is 0.966. The average Bonchev–Trinajstić information content (AvgIpc) is 2.63. The molecule has 82 valence electrons. The molecule has 0 fully saturated rings. The summed E-state index contributed by atoms with van der Waals surface area (Å²) in [6.07, 6.45) is 1.29. The van der Waals surface area contributed by atoms with Crippen molar-refractivity contribution in [2.75, 3.05) is 7.11 Å². The molecule has 1 heterocycles. The lowest BCUT2D eigenvalue weighted by molar-refractivity contribution is -0.142. The molecule has 1 unspecified atom stereocenters. The Kier molecular flexibility index (Phi) is 3.74. The van der Waals surface area contributed by atoms with Gasteiger partial charge in [0.1, 0.15) is 6.04 Å². The molecule has 0 bridgehead atoms. The van der Waals surface area contributed by atoms with Gasteiger partial charge in [0.25, 0.3) is 5.91 Å². The summed E-state index contributed by atoms with van der Waals surface area (Å²) in [5.41, 5.74) is 0.187. The highest BCUT2D eigenvalue weighted by Gasteiger charge is 2.19. The zero-order valence-corrected chi connectivity index (χ0v) is 9.00. The summed E-state index contributed by atoms with van der Waals surface area (Å²) in [6.45, 7) is 1.51. The van der Waals surface area contributed by atoms with Crippen LogP contribution in [0.3, 0.4) is 0 Å². The topological polar surface area (TPSA) is 68.5 Å². The molecule has 0 radical (unpaired) electrons. The van der Waals surface area contributed by atoms with E-state index in [1.54, 1.807) is 0 Å². The number of ether oxygens (including phenoxy) is 1. The van der Waals surface area contributed by atoms with E-state index in [0.717, 1.165) is 0 Å². The minimum absolute atomic E-state index is 0.00966. The first-order valence-electron chi connectivity index (χ1n) is 4.18. The van der Waals surface area contributed by atoms with Gasteiger partial charge in [-0.05, 0) is 24.6 Å². The molecule has 6 heteroatoms. The first kappa shape index (κ1) is 11.6. The van der Waals surface area contributed by atoms with Crippen LogP contribution >= 0.6 is 11.6 Å². The molecule has 1 amide bonds. The van der Waals surface area contributed by atoms with Gasteiger partial charge in [0.15, 0.2) is 0 Å². The summed E-state index contributed by atoms with van der Waals surface area (Å²) >= 11 is 5.59. The number of hydrogen-bond donors (Lipinski definition) is 1. The molecule has 0 aliphatic carbocycles. The van der Waals surface area contributed by atoms with Gasteiger partial charge in [-0.2, -0.15) is 0 Å². The maximum absolute atomic E-state index is 11.5. The van der Waals surface area contributed by atoms with Gasteiger partial charge in [-0.1, -0.05) is 0 Å². The maximum atomic E-state index is 11.5. The highest BCUT2D eigenvalue weighted by molar-refractivity contribution is 6.32. The van der Waals surface area contributed by atoms with E-state index in [2.05, 4.69) is 10.1 Å². The average molecular weight is 232 g/mol. The van der Waals surface area contributed by atoms with Gasteiger partial charge in [0, 0.05) is 0 Å². The van der Waals surface area contributed by atoms with Crippen LogP contribution in [0.1, 0.15) is 17.3 Å². The van der Waals surface area contributed by atoms with E-state index in [0.29, 0.717) is 0 Å². The summed E-state index contributed by atoms with van der Waals surface area (Å²) in [5.74, 6) is -1.00. The molecule has 0 saturated heterocycles. The lowest BCUT2D eigenvalue weighted by Gasteiger charge is -2.10. The van der Waals surface area contributed by atoms with E-state index in [1.165, 1.54) is 26.4 Å². The molecule has 0 aliphatic rings. The van der Waals surface area contributed by atoms with Gasteiger partial charge in [-0.15, -0.1) is 0 Å². The van der Waals surface area contributed by atoms with Crippen molar-refractivity contribution in [1.82, 2.24) is 5.32 Å². The predicted octanol–water partition coefficient (Wildman–Crippen LogP) is 1.22. The van der Waals surface area contributed by atoms with Crippen LogP contribution in [0.4, 0.5) is 0 Å². The Morgan fingerprint density at radius 2 is 2.27 bits per heavy atom. The van der Waals surface area contributed by atoms with E-state index in [4.69, 9.17) is 16.0 Å². The minimum Gasteiger partial charge on any atom is -0.467 e. The Morgan fingerprint density at radius 1 is 1.60 bits per heavy atom. The lowest BCUT2D eigenvalue weighted by Crippen LogP contribution is -2.39. The van der Waals surface area contributed by atoms with Gasteiger partial charge < -0.3 is 14.5 Å². The number of methoxy groups -OCH3 is 1. The van der Waals surface area contributed by atoms with E-state index in [-0.39, 0.29) is 10.8 Å². The smallest absolute Gasteiger partial charge is 0.328 e. The number of amides is 1. The third kappa shape index (κ3) is 2.73. The Hall–Kier alpha value is -1.49. The molecule has 15 heavy (non-hydrogen) atoms. The van der Waals surface area contributed by atoms with Crippen LogP contribution in [-0.2, 0) is 9.53 Å². The van der Waals surface area contributed by atoms with Crippen molar-refractivity contribution >= 4 is 23.5 Å². The Labute approximate surface area is 91.3 Å². The molecule has 1 aromatic rings. The fraction of sp³-hybridized carbons (Fsp3) is 0.333. The van der Waals surface area contributed by atoms with E-state index < -0.39 is 17.9 Å². The standard InChI is InChI=1S/C9H10ClNO4/c1-5(9(13)14-2)11-8(12)6-3-4-15-7(6)10/h3-5H,1-2H3,(H,11,12). The zero-order chi connectivity index (χ0) is 11.4. The zero-order valence-electron chi connectivity index (χ0n) is 8.24. The van der Waals surface area contributed by atoms with Crippen molar-refractivity contribution in [1.29, 1.82) is 0 Å². The number of nitrogens with one attached hydrogen (secondary N) is 1. The SMILES string of the molecule is COC(=O)C(C)NC(=O)c1ccoc1Cl. The predicted molar refractivity (Wildman–Crippen MR) is 52.7 cm³/mol. The van der Waals surface area contributed by atoms with Crippen LogP contribution in [0, 0.1) is 0 Å². The molecular weight excluding hydrogens is 222 g/mol. The summed E-state index contributed by atoms with van der Waals surface area (Å²) in [7, 11) is 1.25. The Balaban J connectivity index is 2.64. The number of furan rings is 1. The Bertz CT molecular complexity index is 374.